The molecule has 0 aliphatic heterocycles. The SMILES string of the molecule is CC/C=C\C/C=C\C/C=C\C/C=C\C/C=C\CCCCCCCCCCCCCCCCCCCCCC(=O)OCC(COC(=O)CCCCCCC/C=C\C/C=C\CCCC)OC(=O)CCCCCCC/C=C\CCCCCCCCC. The Balaban J connectivity index is 4.15. The van der Waals surface area contributed by atoms with Crippen LogP contribution in [0.2, 0.25) is 0 Å². The van der Waals surface area contributed by atoms with Crippen molar-refractivity contribution in [3.05, 3.63) is 97.2 Å². The van der Waals surface area contributed by atoms with E-state index in [1.807, 2.05) is 0 Å². The van der Waals surface area contributed by atoms with Crippen LogP contribution in [0.1, 0.15) is 355 Å². The summed E-state index contributed by atoms with van der Waals surface area (Å²) in [7, 11) is 0. The highest BCUT2D eigenvalue weighted by molar-refractivity contribution is 5.71. The summed E-state index contributed by atoms with van der Waals surface area (Å²) in [6.07, 6.45) is 95.9. The van der Waals surface area contributed by atoms with Crippen molar-refractivity contribution in [2.24, 2.45) is 0 Å². The van der Waals surface area contributed by atoms with Gasteiger partial charge in [0.1, 0.15) is 13.2 Å². The molecule has 0 fully saturated rings. The lowest BCUT2D eigenvalue weighted by Crippen LogP contribution is -2.30. The number of hydrogen-bond acceptors (Lipinski definition) is 6. The largest absolute Gasteiger partial charge is 0.462 e. The van der Waals surface area contributed by atoms with Gasteiger partial charge in [-0.2, -0.15) is 0 Å². The van der Waals surface area contributed by atoms with Crippen LogP contribution in [0.4, 0.5) is 0 Å². The predicted molar refractivity (Wildman–Crippen MR) is 362 cm³/mol. The van der Waals surface area contributed by atoms with Crippen LogP contribution >= 0.6 is 0 Å². The van der Waals surface area contributed by atoms with Crippen molar-refractivity contribution in [2.75, 3.05) is 13.2 Å². The van der Waals surface area contributed by atoms with Crippen molar-refractivity contribution in [2.45, 2.75) is 361 Å². The van der Waals surface area contributed by atoms with Crippen LogP contribution < -0.4 is 0 Å². The molecule has 1 atom stereocenters. The Bertz CT molecular complexity index is 1610. The zero-order valence-electron chi connectivity index (χ0n) is 54.9. The molecule has 478 valence electrons. The third kappa shape index (κ3) is 69.0. The number of ether oxygens (including phenoxy) is 3. The van der Waals surface area contributed by atoms with Crippen molar-refractivity contribution in [1.29, 1.82) is 0 Å². The van der Waals surface area contributed by atoms with E-state index in [1.165, 1.54) is 193 Å². The number of carbonyl (C=O) groups excluding carboxylic acids is 3. The van der Waals surface area contributed by atoms with E-state index in [1.54, 1.807) is 0 Å². The van der Waals surface area contributed by atoms with Gasteiger partial charge >= 0.3 is 17.9 Å². The highest BCUT2D eigenvalue weighted by Crippen LogP contribution is 2.17. The van der Waals surface area contributed by atoms with E-state index in [-0.39, 0.29) is 31.1 Å². The summed E-state index contributed by atoms with van der Waals surface area (Å²) in [5.74, 6) is -0.887. The zero-order chi connectivity index (χ0) is 59.9. The maximum atomic E-state index is 12.9. The lowest BCUT2D eigenvalue weighted by atomic mass is 10.0. The summed E-state index contributed by atoms with van der Waals surface area (Å²) in [4.78, 5) is 38.4. The lowest BCUT2D eigenvalue weighted by molar-refractivity contribution is -0.167. The Kier molecular flexibility index (Phi) is 67.7. The minimum absolute atomic E-state index is 0.0811. The van der Waals surface area contributed by atoms with Crippen molar-refractivity contribution in [1.82, 2.24) is 0 Å². The van der Waals surface area contributed by atoms with Crippen molar-refractivity contribution in [3.63, 3.8) is 0 Å². The summed E-state index contributed by atoms with van der Waals surface area (Å²) < 4.78 is 16.9. The van der Waals surface area contributed by atoms with E-state index in [0.29, 0.717) is 19.3 Å². The van der Waals surface area contributed by atoms with Crippen LogP contribution in [0.15, 0.2) is 97.2 Å². The monoisotopic (exact) mass is 1160 g/mol. The topological polar surface area (TPSA) is 78.9 Å². The average molecular weight is 1160 g/mol. The first-order valence-corrected chi connectivity index (χ1v) is 35.7. The second-order valence-corrected chi connectivity index (χ2v) is 23.8. The Morgan fingerprint density at radius 1 is 0.253 bits per heavy atom. The van der Waals surface area contributed by atoms with Crippen LogP contribution in [-0.4, -0.2) is 37.2 Å². The highest BCUT2D eigenvalue weighted by atomic mass is 16.6. The van der Waals surface area contributed by atoms with Gasteiger partial charge in [0.15, 0.2) is 6.10 Å². The quantitative estimate of drug-likeness (QED) is 0.0261. The first-order valence-electron chi connectivity index (χ1n) is 35.7. The van der Waals surface area contributed by atoms with Gasteiger partial charge in [0, 0.05) is 19.3 Å². The number of carbonyl (C=O) groups is 3. The van der Waals surface area contributed by atoms with Crippen LogP contribution in [-0.2, 0) is 28.6 Å². The fraction of sp³-hybridized carbons (Fsp3) is 0.753. The van der Waals surface area contributed by atoms with Crippen molar-refractivity contribution < 1.29 is 28.6 Å². The first-order chi connectivity index (χ1) is 41.0. The fourth-order valence-corrected chi connectivity index (χ4v) is 10.2. The number of unbranched alkanes of at least 4 members (excludes halogenated alkanes) is 38. The van der Waals surface area contributed by atoms with E-state index >= 15 is 0 Å². The van der Waals surface area contributed by atoms with Gasteiger partial charge < -0.3 is 14.2 Å². The molecule has 83 heavy (non-hydrogen) atoms. The lowest BCUT2D eigenvalue weighted by Gasteiger charge is -2.18. The van der Waals surface area contributed by atoms with Gasteiger partial charge in [-0.05, 0) is 116 Å². The van der Waals surface area contributed by atoms with Crippen molar-refractivity contribution in [3.8, 4) is 0 Å². The Morgan fingerprint density at radius 2 is 0.482 bits per heavy atom. The van der Waals surface area contributed by atoms with Crippen LogP contribution in [0.3, 0.4) is 0 Å². The zero-order valence-corrected chi connectivity index (χ0v) is 54.9. The third-order valence-corrected chi connectivity index (χ3v) is 15.5. The Hall–Kier alpha value is -3.67. The summed E-state index contributed by atoms with van der Waals surface area (Å²) in [6.45, 7) is 6.50. The molecule has 0 aromatic rings. The van der Waals surface area contributed by atoms with Crippen LogP contribution in [0.25, 0.3) is 0 Å². The molecule has 0 rings (SSSR count). The molecule has 6 heteroatoms. The van der Waals surface area contributed by atoms with Crippen LogP contribution in [0, 0.1) is 0 Å². The maximum absolute atomic E-state index is 12.9. The molecular formula is C77H134O6. The van der Waals surface area contributed by atoms with Gasteiger partial charge in [0.05, 0.1) is 0 Å². The molecule has 0 aliphatic rings. The summed E-state index contributed by atoms with van der Waals surface area (Å²) in [6, 6.07) is 0. The highest BCUT2D eigenvalue weighted by Gasteiger charge is 2.19. The van der Waals surface area contributed by atoms with Gasteiger partial charge in [0.2, 0.25) is 0 Å². The molecule has 0 heterocycles. The molecule has 0 bridgehead atoms. The third-order valence-electron chi connectivity index (χ3n) is 15.5. The number of rotatable bonds is 65. The molecule has 0 saturated heterocycles. The minimum Gasteiger partial charge on any atom is -0.462 e. The van der Waals surface area contributed by atoms with Gasteiger partial charge in [0.25, 0.3) is 0 Å². The van der Waals surface area contributed by atoms with Gasteiger partial charge in [-0.25, -0.2) is 0 Å². The Morgan fingerprint density at radius 3 is 0.783 bits per heavy atom. The number of esters is 3. The molecule has 0 aromatic heterocycles. The molecule has 0 amide bonds. The van der Waals surface area contributed by atoms with E-state index in [0.717, 1.165) is 122 Å². The van der Waals surface area contributed by atoms with Gasteiger partial charge in [-0.15, -0.1) is 0 Å². The molecule has 0 saturated carbocycles. The molecule has 0 aliphatic carbocycles. The summed E-state index contributed by atoms with van der Waals surface area (Å²) in [5.41, 5.74) is 0. The molecular weight excluding hydrogens is 1020 g/mol. The van der Waals surface area contributed by atoms with Gasteiger partial charge in [-0.3, -0.25) is 14.4 Å². The molecule has 0 spiro atoms. The fourth-order valence-electron chi connectivity index (χ4n) is 10.2. The summed E-state index contributed by atoms with van der Waals surface area (Å²) in [5, 5.41) is 0. The second-order valence-electron chi connectivity index (χ2n) is 23.8. The summed E-state index contributed by atoms with van der Waals surface area (Å²) >= 11 is 0. The smallest absolute Gasteiger partial charge is 0.306 e. The first kappa shape index (κ1) is 79.3. The van der Waals surface area contributed by atoms with E-state index in [9.17, 15) is 14.4 Å². The van der Waals surface area contributed by atoms with Crippen molar-refractivity contribution >= 4 is 17.9 Å². The molecule has 0 radical (unpaired) electrons. The second kappa shape index (κ2) is 70.8. The minimum atomic E-state index is -0.786. The maximum Gasteiger partial charge on any atom is 0.306 e. The van der Waals surface area contributed by atoms with E-state index in [2.05, 4.69) is 118 Å². The number of allylic oxidation sites excluding steroid dienone is 16. The molecule has 0 aromatic carbocycles. The average Bonchev–Trinajstić information content (AvgIpc) is 3.49. The predicted octanol–water partition coefficient (Wildman–Crippen LogP) is 24.8. The number of hydrogen-bond donors (Lipinski definition) is 0. The molecule has 1 unspecified atom stereocenters. The van der Waals surface area contributed by atoms with E-state index < -0.39 is 6.10 Å². The molecule has 6 nitrogen and oxygen atoms in total. The standard InChI is InChI=1S/C77H134O6/c1-4-7-10-13-16-19-22-25-28-30-31-32-33-34-35-36-37-38-39-40-41-42-43-44-45-46-47-48-50-52-55-58-61-64-67-70-76(79)82-73-74(72-81-75(78)69-66-63-60-57-54-51-27-24-21-18-15-12-9-6-3)83-77(80)71-68-65-62-59-56-53-49-29-26-23-20-17-14-11-8-5-2/h7,10,15-16,18-19,24-25,27-29,31-32,34-35,49,74H,4-6,8-9,11-14,17,20-23,26,30,33,36-48,50-73H2,1-3H3/b10-7-,18-15-,19-16-,27-24-,28-25-,32-31-,35-34-,49-29-. The van der Waals surface area contributed by atoms with Gasteiger partial charge in [-0.1, -0.05) is 317 Å². The normalized spacial score (nSPS) is 12.7. The van der Waals surface area contributed by atoms with E-state index in [4.69, 9.17) is 14.2 Å². The Labute approximate surface area is 515 Å². The van der Waals surface area contributed by atoms with Crippen LogP contribution in [0.5, 0.6) is 0 Å². The molecule has 0 N–H and O–H groups in total.